The molecule has 0 radical (unpaired) electrons. The highest BCUT2D eigenvalue weighted by molar-refractivity contribution is 7.98. The molecular weight excluding hydrogens is 296 g/mol. The van der Waals surface area contributed by atoms with Crippen molar-refractivity contribution in [2.45, 2.75) is 0 Å². The van der Waals surface area contributed by atoms with Gasteiger partial charge >= 0.3 is 0 Å². The lowest BCUT2D eigenvalue weighted by Gasteiger charge is -2.11. The first-order valence-corrected chi connectivity index (χ1v) is 7.28. The number of anilines is 2. The summed E-state index contributed by atoms with van der Waals surface area (Å²) in [5.74, 6) is -1.17. The summed E-state index contributed by atoms with van der Waals surface area (Å²) in [4.78, 5) is 3.82. The fourth-order valence-electron chi connectivity index (χ4n) is 1.56. The second kappa shape index (κ2) is 6.90. The average Bonchev–Trinajstić information content (AvgIpc) is 2.50. The molecule has 0 amide bonds. The Labute approximate surface area is 124 Å². The van der Waals surface area contributed by atoms with Crippen LogP contribution < -0.4 is 10.1 Å². The summed E-state index contributed by atoms with van der Waals surface area (Å²) >= 11 is 1.40. The molecule has 0 spiro atoms. The zero-order valence-electron chi connectivity index (χ0n) is 11.1. The standard InChI is InChI=1S/C14H11F2N3OS/c1-21-8-20-12-4-5-18-14(13(12)16)19-11-3-2-9(7-17)6-10(11)15/h2-6H,8H2,1H3,(H,18,19). The molecule has 108 valence electrons. The van der Waals surface area contributed by atoms with Crippen LogP contribution in [0, 0.1) is 23.0 Å². The van der Waals surface area contributed by atoms with E-state index in [1.807, 2.05) is 12.3 Å². The lowest BCUT2D eigenvalue weighted by atomic mass is 10.2. The summed E-state index contributed by atoms with van der Waals surface area (Å²) in [6, 6.07) is 7.06. The molecule has 1 aromatic carbocycles. The molecule has 0 aliphatic rings. The summed E-state index contributed by atoms with van der Waals surface area (Å²) < 4.78 is 33.1. The van der Waals surface area contributed by atoms with E-state index >= 15 is 0 Å². The Bertz CT molecular complexity index is 688. The predicted molar refractivity (Wildman–Crippen MR) is 77.6 cm³/mol. The number of nitriles is 1. The first-order valence-electron chi connectivity index (χ1n) is 5.88. The van der Waals surface area contributed by atoms with Gasteiger partial charge in [-0.2, -0.15) is 9.65 Å². The van der Waals surface area contributed by atoms with Crippen LogP contribution in [0.25, 0.3) is 0 Å². The van der Waals surface area contributed by atoms with Gasteiger partial charge in [0.1, 0.15) is 11.8 Å². The average molecular weight is 307 g/mol. The monoisotopic (exact) mass is 307 g/mol. The van der Waals surface area contributed by atoms with E-state index in [0.717, 1.165) is 6.07 Å². The largest absolute Gasteiger partial charge is 0.480 e. The molecule has 7 heteroatoms. The maximum Gasteiger partial charge on any atom is 0.207 e. The van der Waals surface area contributed by atoms with E-state index in [2.05, 4.69) is 10.3 Å². The summed E-state index contributed by atoms with van der Waals surface area (Å²) in [5.41, 5.74) is 0.214. The van der Waals surface area contributed by atoms with Gasteiger partial charge in [0.05, 0.1) is 17.3 Å². The van der Waals surface area contributed by atoms with Crippen LogP contribution in [0.3, 0.4) is 0 Å². The van der Waals surface area contributed by atoms with Crippen LogP contribution in [0.15, 0.2) is 30.5 Å². The van der Waals surface area contributed by atoms with Crippen LogP contribution in [0.1, 0.15) is 5.56 Å². The molecule has 2 aromatic rings. The van der Waals surface area contributed by atoms with Crippen molar-refractivity contribution in [2.75, 3.05) is 17.5 Å². The van der Waals surface area contributed by atoms with Crippen molar-refractivity contribution < 1.29 is 13.5 Å². The normalized spacial score (nSPS) is 10.0. The van der Waals surface area contributed by atoms with Crippen LogP contribution in [0.4, 0.5) is 20.3 Å². The molecule has 1 heterocycles. The first-order chi connectivity index (χ1) is 10.2. The zero-order chi connectivity index (χ0) is 15.2. The minimum atomic E-state index is -0.699. The Balaban J connectivity index is 2.26. The molecule has 2 rings (SSSR count). The summed E-state index contributed by atoms with van der Waals surface area (Å²) in [6.07, 6.45) is 3.19. The lowest BCUT2D eigenvalue weighted by molar-refractivity contribution is 0.368. The van der Waals surface area contributed by atoms with Gasteiger partial charge in [-0.15, -0.1) is 11.8 Å². The topological polar surface area (TPSA) is 57.9 Å². The number of benzene rings is 1. The number of aromatic nitrogens is 1. The van der Waals surface area contributed by atoms with Gasteiger partial charge in [-0.1, -0.05) is 0 Å². The predicted octanol–water partition coefficient (Wildman–Crippen LogP) is 3.67. The molecule has 0 saturated carbocycles. The molecule has 1 N–H and O–H groups in total. The number of pyridine rings is 1. The highest BCUT2D eigenvalue weighted by Crippen LogP contribution is 2.26. The number of hydrogen-bond acceptors (Lipinski definition) is 5. The number of nitrogens with one attached hydrogen (secondary N) is 1. The second-order valence-corrected chi connectivity index (χ2v) is 4.77. The van der Waals surface area contributed by atoms with Gasteiger partial charge in [0.15, 0.2) is 11.6 Å². The Morgan fingerprint density at radius 1 is 1.38 bits per heavy atom. The molecule has 1 aromatic heterocycles. The highest BCUT2D eigenvalue weighted by atomic mass is 32.2. The SMILES string of the molecule is CSCOc1ccnc(Nc2ccc(C#N)cc2F)c1F. The van der Waals surface area contributed by atoms with E-state index in [-0.39, 0.29) is 22.8 Å². The molecule has 0 unspecified atom stereocenters. The molecule has 0 saturated heterocycles. The van der Waals surface area contributed by atoms with Crippen LogP contribution in [0.5, 0.6) is 5.75 Å². The highest BCUT2D eigenvalue weighted by Gasteiger charge is 2.13. The maximum absolute atomic E-state index is 14.1. The smallest absolute Gasteiger partial charge is 0.207 e. The van der Waals surface area contributed by atoms with E-state index in [1.165, 1.54) is 36.2 Å². The van der Waals surface area contributed by atoms with Crippen LogP contribution in [-0.4, -0.2) is 17.2 Å². The van der Waals surface area contributed by atoms with Crippen molar-refractivity contribution in [1.82, 2.24) is 4.98 Å². The number of halogens is 2. The Morgan fingerprint density at radius 2 is 2.19 bits per heavy atom. The Hall–Kier alpha value is -2.33. The van der Waals surface area contributed by atoms with Gasteiger partial charge in [-0.3, -0.25) is 0 Å². The third-order valence-corrected chi connectivity index (χ3v) is 2.89. The number of thioether (sulfide) groups is 1. The van der Waals surface area contributed by atoms with Gasteiger partial charge in [0, 0.05) is 12.3 Å². The van der Waals surface area contributed by atoms with E-state index < -0.39 is 11.6 Å². The molecule has 0 aliphatic carbocycles. The minimum absolute atomic E-state index is 0.0300. The van der Waals surface area contributed by atoms with Crippen molar-refractivity contribution in [1.29, 1.82) is 5.26 Å². The molecule has 4 nitrogen and oxygen atoms in total. The molecule has 0 bridgehead atoms. The van der Waals surface area contributed by atoms with Gasteiger partial charge in [0.25, 0.3) is 0 Å². The van der Waals surface area contributed by atoms with Crippen molar-refractivity contribution in [3.8, 4) is 11.8 Å². The van der Waals surface area contributed by atoms with E-state index in [0.29, 0.717) is 5.94 Å². The number of ether oxygens (including phenoxy) is 1. The fraction of sp³-hybridized carbons (Fsp3) is 0.143. The minimum Gasteiger partial charge on any atom is -0.480 e. The van der Waals surface area contributed by atoms with Gasteiger partial charge in [0.2, 0.25) is 5.82 Å². The molecule has 0 atom stereocenters. The molecular formula is C14H11F2N3OS. The zero-order valence-corrected chi connectivity index (χ0v) is 11.9. The molecule has 0 aliphatic heterocycles. The lowest BCUT2D eigenvalue weighted by Crippen LogP contribution is -2.02. The third-order valence-electron chi connectivity index (χ3n) is 2.54. The third kappa shape index (κ3) is 3.61. The van der Waals surface area contributed by atoms with Crippen molar-refractivity contribution in [3.63, 3.8) is 0 Å². The van der Waals surface area contributed by atoms with Crippen molar-refractivity contribution in [3.05, 3.63) is 47.7 Å². The van der Waals surface area contributed by atoms with Crippen LogP contribution in [-0.2, 0) is 0 Å². The molecule has 0 fully saturated rings. The number of hydrogen-bond donors (Lipinski definition) is 1. The summed E-state index contributed by atoms with van der Waals surface area (Å²) in [7, 11) is 0. The quantitative estimate of drug-likeness (QED) is 0.854. The summed E-state index contributed by atoms with van der Waals surface area (Å²) in [6.45, 7) is 0. The number of rotatable bonds is 5. The van der Waals surface area contributed by atoms with Gasteiger partial charge in [-0.25, -0.2) is 9.37 Å². The second-order valence-electron chi connectivity index (χ2n) is 3.95. The van der Waals surface area contributed by atoms with Gasteiger partial charge in [-0.05, 0) is 24.5 Å². The first kappa shape index (κ1) is 15.1. The molecule has 21 heavy (non-hydrogen) atoms. The van der Waals surface area contributed by atoms with Crippen LogP contribution in [0.2, 0.25) is 0 Å². The van der Waals surface area contributed by atoms with Crippen LogP contribution >= 0.6 is 11.8 Å². The van der Waals surface area contributed by atoms with E-state index in [1.54, 1.807) is 0 Å². The summed E-state index contributed by atoms with van der Waals surface area (Å²) in [5, 5.41) is 11.2. The Morgan fingerprint density at radius 3 is 2.86 bits per heavy atom. The Kier molecular flexibility index (Phi) is 4.95. The van der Waals surface area contributed by atoms with E-state index in [4.69, 9.17) is 10.00 Å². The van der Waals surface area contributed by atoms with Crippen molar-refractivity contribution in [2.24, 2.45) is 0 Å². The van der Waals surface area contributed by atoms with E-state index in [9.17, 15) is 8.78 Å². The van der Waals surface area contributed by atoms with Gasteiger partial charge < -0.3 is 10.1 Å². The van der Waals surface area contributed by atoms with Crippen molar-refractivity contribution >= 4 is 23.3 Å². The number of nitrogens with zero attached hydrogens (tertiary/aromatic N) is 2. The fourth-order valence-corrected chi connectivity index (χ4v) is 1.81. The maximum atomic E-state index is 14.1.